The fourth-order valence-electron chi connectivity index (χ4n) is 3.28. The summed E-state index contributed by atoms with van der Waals surface area (Å²) >= 11 is 6.57. The van der Waals surface area contributed by atoms with E-state index < -0.39 is 0 Å². The first-order valence-electron chi connectivity index (χ1n) is 8.15. The van der Waals surface area contributed by atoms with E-state index >= 15 is 0 Å². The zero-order chi connectivity index (χ0) is 14.2. The van der Waals surface area contributed by atoms with Crippen LogP contribution in [-0.4, -0.2) is 22.4 Å². The van der Waals surface area contributed by atoms with Gasteiger partial charge in [-0.3, -0.25) is 4.68 Å². The van der Waals surface area contributed by atoms with Crippen LogP contribution in [0.4, 0.5) is 0 Å². The van der Waals surface area contributed by atoms with Crippen molar-refractivity contribution in [3.05, 3.63) is 16.4 Å². The molecule has 20 heavy (non-hydrogen) atoms. The van der Waals surface area contributed by atoms with Gasteiger partial charge in [0.1, 0.15) is 0 Å². The molecule has 0 aliphatic heterocycles. The average Bonchev–Trinajstić information content (AvgIpc) is 3.18. The molecule has 2 saturated carbocycles. The number of aromatic nitrogens is 2. The summed E-state index contributed by atoms with van der Waals surface area (Å²) in [6, 6.07) is 0.797. The summed E-state index contributed by atoms with van der Waals surface area (Å²) in [5.74, 6) is 0. The van der Waals surface area contributed by atoms with Gasteiger partial charge in [0.25, 0.3) is 0 Å². The molecule has 1 heterocycles. The van der Waals surface area contributed by atoms with Crippen LogP contribution >= 0.6 is 11.6 Å². The highest BCUT2D eigenvalue weighted by Gasteiger charge is 2.39. The van der Waals surface area contributed by atoms with Gasteiger partial charge in [-0.05, 0) is 50.9 Å². The summed E-state index contributed by atoms with van der Waals surface area (Å²) in [6.45, 7) is 6.36. The summed E-state index contributed by atoms with van der Waals surface area (Å²) in [5.41, 5.74) is 2.76. The molecule has 0 atom stereocenters. The normalized spacial score (nSPS) is 20.9. The highest BCUT2D eigenvalue weighted by atomic mass is 35.5. The van der Waals surface area contributed by atoms with Crippen molar-refractivity contribution in [2.75, 3.05) is 6.54 Å². The van der Waals surface area contributed by atoms with Gasteiger partial charge in [-0.2, -0.15) is 5.10 Å². The molecule has 2 aliphatic rings. The van der Waals surface area contributed by atoms with E-state index in [2.05, 4.69) is 28.9 Å². The summed E-state index contributed by atoms with van der Waals surface area (Å²) in [5, 5.41) is 9.31. The molecule has 0 aromatic carbocycles. The molecular weight excluding hydrogens is 270 g/mol. The van der Waals surface area contributed by atoms with Crippen LogP contribution in [0.1, 0.15) is 57.3 Å². The van der Waals surface area contributed by atoms with E-state index in [0.717, 1.165) is 42.7 Å². The molecule has 4 heteroatoms. The van der Waals surface area contributed by atoms with Crippen molar-refractivity contribution >= 4 is 11.6 Å². The van der Waals surface area contributed by atoms with Crippen LogP contribution in [-0.2, 0) is 19.4 Å². The van der Waals surface area contributed by atoms with Crippen LogP contribution < -0.4 is 5.32 Å². The molecule has 0 amide bonds. The maximum absolute atomic E-state index is 6.57. The second-order valence-electron chi connectivity index (χ2n) is 6.56. The maximum atomic E-state index is 6.57. The molecule has 0 unspecified atom stereocenters. The Hall–Kier alpha value is -0.540. The van der Waals surface area contributed by atoms with Crippen molar-refractivity contribution in [1.82, 2.24) is 15.1 Å². The van der Waals surface area contributed by atoms with Crippen molar-refractivity contribution in [3.63, 3.8) is 0 Å². The molecule has 1 N–H and O–H groups in total. The molecule has 3 nitrogen and oxygen atoms in total. The minimum Gasteiger partial charge on any atom is -0.313 e. The fraction of sp³-hybridized carbons (Fsp3) is 0.812. The lowest BCUT2D eigenvalue weighted by molar-refractivity contribution is 0.126. The first kappa shape index (κ1) is 14.4. The number of aryl methyl sites for hydroxylation is 2. The van der Waals surface area contributed by atoms with Gasteiger partial charge >= 0.3 is 0 Å². The van der Waals surface area contributed by atoms with Gasteiger partial charge in [-0.15, -0.1) is 0 Å². The molecule has 0 saturated heterocycles. The number of hydrogen-bond acceptors (Lipinski definition) is 2. The zero-order valence-corrected chi connectivity index (χ0v) is 13.5. The molecule has 112 valence electrons. The maximum Gasteiger partial charge on any atom is 0.0850 e. The van der Waals surface area contributed by atoms with Crippen LogP contribution in [0.15, 0.2) is 0 Å². The van der Waals surface area contributed by atoms with Crippen LogP contribution in [0.3, 0.4) is 0 Å². The molecule has 2 aliphatic carbocycles. The zero-order valence-electron chi connectivity index (χ0n) is 12.7. The smallest absolute Gasteiger partial charge is 0.0850 e. The van der Waals surface area contributed by atoms with Crippen LogP contribution in [0.5, 0.6) is 0 Å². The van der Waals surface area contributed by atoms with Gasteiger partial charge < -0.3 is 5.32 Å². The number of rotatable bonds is 7. The van der Waals surface area contributed by atoms with Crippen LogP contribution in [0, 0.1) is 5.41 Å². The van der Waals surface area contributed by atoms with Crippen molar-refractivity contribution in [1.29, 1.82) is 0 Å². The lowest BCUT2D eigenvalue weighted by Crippen LogP contribution is -2.42. The summed E-state index contributed by atoms with van der Waals surface area (Å²) in [4.78, 5) is 0. The van der Waals surface area contributed by atoms with E-state index in [1.54, 1.807) is 0 Å². The Balaban J connectivity index is 1.75. The monoisotopic (exact) mass is 295 g/mol. The Morgan fingerprint density at radius 1 is 1.35 bits per heavy atom. The molecule has 0 radical (unpaired) electrons. The average molecular weight is 296 g/mol. The largest absolute Gasteiger partial charge is 0.313 e. The number of halogens is 1. The van der Waals surface area contributed by atoms with Gasteiger partial charge in [0.05, 0.1) is 16.4 Å². The van der Waals surface area contributed by atoms with Crippen molar-refractivity contribution < 1.29 is 0 Å². The van der Waals surface area contributed by atoms with Gasteiger partial charge in [0.2, 0.25) is 0 Å². The minimum atomic E-state index is 0.435. The molecular formula is C16H26ClN3. The van der Waals surface area contributed by atoms with E-state index in [9.17, 15) is 0 Å². The van der Waals surface area contributed by atoms with E-state index in [0.29, 0.717) is 5.41 Å². The third-order valence-corrected chi connectivity index (χ3v) is 5.43. The van der Waals surface area contributed by atoms with Crippen LogP contribution in [0.2, 0.25) is 5.02 Å². The Bertz CT molecular complexity index is 472. The van der Waals surface area contributed by atoms with E-state index in [4.69, 9.17) is 11.6 Å². The van der Waals surface area contributed by atoms with Crippen molar-refractivity contribution in [2.24, 2.45) is 5.41 Å². The van der Waals surface area contributed by atoms with Gasteiger partial charge in [-0.25, -0.2) is 0 Å². The van der Waals surface area contributed by atoms with Gasteiger partial charge in [0.15, 0.2) is 0 Å². The Morgan fingerprint density at radius 3 is 2.60 bits per heavy atom. The second kappa shape index (κ2) is 5.69. The summed E-state index contributed by atoms with van der Waals surface area (Å²) in [6.07, 6.45) is 8.77. The predicted molar refractivity (Wildman–Crippen MR) is 83.3 cm³/mol. The third-order valence-electron chi connectivity index (χ3n) is 4.99. The summed E-state index contributed by atoms with van der Waals surface area (Å²) < 4.78 is 2.12. The highest BCUT2D eigenvalue weighted by Crippen LogP contribution is 2.45. The van der Waals surface area contributed by atoms with Crippen molar-refractivity contribution in [2.45, 2.75) is 71.4 Å². The molecule has 0 spiro atoms. The molecule has 0 bridgehead atoms. The summed E-state index contributed by atoms with van der Waals surface area (Å²) in [7, 11) is 0. The van der Waals surface area contributed by atoms with Crippen molar-refractivity contribution in [3.8, 4) is 0 Å². The predicted octanol–water partition coefficient (Wildman–Crippen LogP) is 3.58. The SMILES string of the molecule is CCc1nn(CC)c(CC2(CNC3CC3)CCC2)c1Cl. The Labute approximate surface area is 127 Å². The fourth-order valence-corrected chi connectivity index (χ4v) is 3.62. The third kappa shape index (κ3) is 2.75. The number of hydrogen-bond donors (Lipinski definition) is 1. The van der Waals surface area contributed by atoms with Gasteiger partial charge in [-0.1, -0.05) is 24.9 Å². The van der Waals surface area contributed by atoms with Crippen LogP contribution in [0.25, 0.3) is 0 Å². The first-order chi connectivity index (χ1) is 9.67. The lowest BCUT2D eigenvalue weighted by atomic mass is 9.66. The first-order valence-corrected chi connectivity index (χ1v) is 8.52. The molecule has 3 rings (SSSR count). The number of nitrogens with zero attached hydrogens (tertiary/aromatic N) is 2. The highest BCUT2D eigenvalue weighted by molar-refractivity contribution is 6.31. The standard InChI is InChI=1S/C16H26ClN3/c1-3-13-15(17)14(20(4-2)19-13)10-16(8-5-9-16)11-18-12-6-7-12/h12,18H,3-11H2,1-2H3. The lowest BCUT2D eigenvalue weighted by Gasteiger charge is -2.42. The molecule has 2 fully saturated rings. The topological polar surface area (TPSA) is 29.9 Å². The second-order valence-corrected chi connectivity index (χ2v) is 6.94. The quantitative estimate of drug-likeness (QED) is 0.833. The van der Waals surface area contributed by atoms with E-state index in [1.807, 2.05) is 0 Å². The molecule has 1 aromatic rings. The van der Waals surface area contributed by atoms with E-state index in [-0.39, 0.29) is 0 Å². The van der Waals surface area contributed by atoms with Gasteiger partial charge in [0, 0.05) is 19.1 Å². The minimum absolute atomic E-state index is 0.435. The Kier molecular flexibility index (Phi) is 4.09. The molecule has 1 aromatic heterocycles. The van der Waals surface area contributed by atoms with E-state index in [1.165, 1.54) is 37.8 Å². The number of nitrogens with one attached hydrogen (secondary N) is 1. The Morgan fingerprint density at radius 2 is 2.10 bits per heavy atom.